The predicted molar refractivity (Wildman–Crippen MR) is 81.5 cm³/mol. The van der Waals surface area contributed by atoms with Gasteiger partial charge in [-0.2, -0.15) is 10.1 Å². The molecule has 0 fully saturated rings. The fourth-order valence-electron chi connectivity index (χ4n) is 2.27. The zero-order chi connectivity index (χ0) is 15.7. The van der Waals surface area contributed by atoms with E-state index >= 15 is 0 Å². The summed E-state index contributed by atoms with van der Waals surface area (Å²) in [6.07, 6.45) is 1.69. The van der Waals surface area contributed by atoms with Gasteiger partial charge < -0.3 is 4.52 Å². The van der Waals surface area contributed by atoms with Crippen molar-refractivity contribution in [3.05, 3.63) is 63.9 Å². The maximum absolute atomic E-state index is 12.0. The second kappa shape index (κ2) is 5.55. The van der Waals surface area contributed by atoms with Crippen LogP contribution in [-0.2, 0) is 0 Å². The highest BCUT2D eigenvalue weighted by atomic mass is 16.5. The number of rotatable bonds is 3. The first-order valence-electron chi connectivity index (χ1n) is 7.01. The number of aryl methyl sites for hydroxylation is 2. The second-order valence-electron chi connectivity index (χ2n) is 5.25. The zero-order valence-electron chi connectivity index (χ0n) is 12.6. The molecule has 1 unspecified atom stereocenters. The highest BCUT2D eigenvalue weighted by Gasteiger charge is 2.12. The van der Waals surface area contributed by atoms with E-state index in [4.69, 9.17) is 4.52 Å². The largest absolute Gasteiger partial charge is 0.339 e. The molecule has 0 radical (unpaired) electrons. The van der Waals surface area contributed by atoms with E-state index in [9.17, 15) is 4.79 Å². The average Bonchev–Trinajstić information content (AvgIpc) is 2.93. The summed E-state index contributed by atoms with van der Waals surface area (Å²) in [5.41, 5.74) is 2.61. The first-order valence-corrected chi connectivity index (χ1v) is 7.01. The van der Waals surface area contributed by atoms with Crippen molar-refractivity contribution in [3.63, 3.8) is 0 Å². The Morgan fingerprint density at radius 1 is 1.18 bits per heavy atom. The van der Waals surface area contributed by atoms with Gasteiger partial charge in [0.25, 0.3) is 5.56 Å². The molecule has 2 heterocycles. The Kier molecular flexibility index (Phi) is 3.58. The lowest BCUT2D eigenvalue weighted by molar-refractivity contribution is 0.394. The van der Waals surface area contributed by atoms with Crippen molar-refractivity contribution in [2.45, 2.75) is 26.8 Å². The van der Waals surface area contributed by atoms with Crippen molar-refractivity contribution in [3.8, 4) is 11.4 Å². The maximum Gasteiger partial charge on any atom is 0.267 e. The van der Waals surface area contributed by atoms with E-state index in [0.717, 1.165) is 16.7 Å². The zero-order valence-corrected chi connectivity index (χ0v) is 12.6. The van der Waals surface area contributed by atoms with Gasteiger partial charge in [-0.25, -0.2) is 4.68 Å². The first kappa shape index (κ1) is 14.2. The Morgan fingerprint density at radius 3 is 2.50 bits per heavy atom. The van der Waals surface area contributed by atoms with Crippen molar-refractivity contribution in [2.24, 2.45) is 0 Å². The molecule has 1 aromatic carbocycles. The van der Waals surface area contributed by atoms with Gasteiger partial charge >= 0.3 is 0 Å². The Bertz CT molecular complexity index is 849. The molecule has 6 nitrogen and oxygen atoms in total. The summed E-state index contributed by atoms with van der Waals surface area (Å²) < 4.78 is 6.45. The normalized spacial score (nSPS) is 12.3. The Labute approximate surface area is 127 Å². The number of benzene rings is 1. The third-order valence-electron chi connectivity index (χ3n) is 3.51. The quantitative estimate of drug-likeness (QED) is 0.742. The Hall–Kier alpha value is -2.76. The molecule has 2 aromatic heterocycles. The minimum absolute atomic E-state index is 0.106. The van der Waals surface area contributed by atoms with Crippen molar-refractivity contribution in [1.29, 1.82) is 0 Å². The molecule has 0 aliphatic carbocycles. The van der Waals surface area contributed by atoms with Crippen LogP contribution in [0.3, 0.4) is 0 Å². The van der Waals surface area contributed by atoms with E-state index in [2.05, 4.69) is 15.2 Å². The standard InChI is InChI=1S/C16H16N4O2/c1-10-8-15(21)20(17-9-10)11(2)13-4-6-14(7-5-13)16-18-12(3)22-19-16/h4-9,11H,1-3H3. The van der Waals surface area contributed by atoms with Gasteiger partial charge in [-0.05, 0) is 25.0 Å². The molecule has 0 saturated carbocycles. The summed E-state index contributed by atoms with van der Waals surface area (Å²) in [5.74, 6) is 1.09. The molecule has 0 bridgehead atoms. The average molecular weight is 296 g/mol. The van der Waals surface area contributed by atoms with Crippen LogP contribution in [0.5, 0.6) is 0 Å². The number of aromatic nitrogens is 4. The third kappa shape index (κ3) is 2.67. The molecule has 112 valence electrons. The molecule has 0 saturated heterocycles. The lowest BCUT2D eigenvalue weighted by Crippen LogP contribution is -2.25. The van der Waals surface area contributed by atoms with Gasteiger partial charge in [0.1, 0.15) is 0 Å². The minimum Gasteiger partial charge on any atom is -0.339 e. The fraction of sp³-hybridized carbons (Fsp3) is 0.250. The predicted octanol–water partition coefficient (Wildman–Crippen LogP) is 2.52. The topological polar surface area (TPSA) is 73.8 Å². The van der Waals surface area contributed by atoms with Crippen LogP contribution < -0.4 is 5.56 Å². The lowest BCUT2D eigenvalue weighted by Gasteiger charge is -2.14. The SMILES string of the molecule is Cc1cnn(C(C)c2ccc(-c3noc(C)n3)cc2)c(=O)c1. The van der Waals surface area contributed by atoms with Crippen molar-refractivity contribution in [2.75, 3.05) is 0 Å². The van der Waals surface area contributed by atoms with E-state index in [1.807, 2.05) is 38.1 Å². The van der Waals surface area contributed by atoms with E-state index in [-0.39, 0.29) is 11.6 Å². The van der Waals surface area contributed by atoms with Crippen molar-refractivity contribution < 1.29 is 4.52 Å². The van der Waals surface area contributed by atoms with Crippen LogP contribution in [0.1, 0.15) is 30.0 Å². The molecule has 0 spiro atoms. The van der Waals surface area contributed by atoms with Crippen LogP contribution in [0, 0.1) is 13.8 Å². The summed E-state index contributed by atoms with van der Waals surface area (Å²) in [6, 6.07) is 9.15. The van der Waals surface area contributed by atoms with Gasteiger partial charge in [-0.15, -0.1) is 0 Å². The molecule has 0 amide bonds. The van der Waals surface area contributed by atoms with Crippen LogP contribution in [0.4, 0.5) is 0 Å². The fourth-order valence-corrected chi connectivity index (χ4v) is 2.27. The van der Waals surface area contributed by atoms with Gasteiger partial charge in [-0.3, -0.25) is 4.79 Å². The maximum atomic E-state index is 12.0. The van der Waals surface area contributed by atoms with Gasteiger partial charge in [0.15, 0.2) is 0 Å². The van der Waals surface area contributed by atoms with E-state index in [1.54, 1.807) is 19.2 Å². The minimum atomic E-state index is -0.144. The lowest BCUT2D eigenvalue weighted by atomic mass is 10.1. The van der Waals surface area contributed by atoms with Crippen LogP contribution in [0.2, 0.25) is 0 Å². The second-order valence-corrected chi connectivity index (χ2v) is 5.25. The summed E-state index contributed by atoms with van der Waals surface area (Å²) in [6.45, 7) is 5.55. The summed E-state index contributed by atoms with van der Waals surface area (Å²) in [7, 11) is 0. The van der Waals surface area contributed by atoms with Crippen LogP contribution in [0.25, 0.3) is 11.4 Å². The van der Waals surface area contributed by atoms with Crippen LogP contribution >= 0.6 is 0 Å². The van der Waals surface area contributed by atoms with E-state index in [1.165, 1.54) is 4.68 Å². The molecule has 0 aliphatic rings. The molecular weight excluding hydrogens is 280 g/mol. The molecule has 22 heavy (non-hydrogen) atoms. The van der Waals surface area contributed by atoms with E-state index < -0.39 is 0 Å². The van der Waals surface area contributed by atoms with Crippen molar-refractivity contribution in [1.82, 2.24) is 19.9 Å². The Balaban J connectivity index is 1.90. The highest BCUT2D eigenvalue weighted by molar-refractivity contribution is 5.54. The van der Waals surface area contributed by atoms with Crippen LogP contribution in [-0.4, -0.2) is 19.9 Å². The molecule has 0 N–H and O–H groups in total. The molecule has 6 heteroatoms. The first-order chi connectivity index (χ1) is 10.5. The number of hydrogen-bond donors (Lipinski definition) is 0. The summed E-state index contributed by atoms with van der Waals surface area (Å²) in [5, 5.41) is 8.09. The number of hydrogen-bond acceptors (Lipinski definition) is 5. The molecule has 1 atom stereocenters. The Morgan fingerprint density at radius 2 is 1.91 bits per heavy atom. The third-order valence-corrected chi connectivity index (χ3v) is 3.51. The molecule has 3 aromatic rings. The number of nitrogens with zero attached hydrogens (tertiary/aromatic N) is 4. The summed E-state index contributed by atoms with van der Waals surface area (Å²) >= 11 is 0. The van der Waals surface area contributed by atoms with Gasteiger partial charge in [0.2, 0.25) is 11.7 Å². The molecule has 0 aliphatic heterocycles. The van der Waals surface area contributed by atoms with Crippen molar-refractivity contribution >= 4 is 0 Å². The van der Waals surface area contributed by atoms with Crippen LogP contribution in [0.15, 0.2) is 45.8 Å². The summed E-state index contributed by atoms with van der Waals surface area (Å²) in [4.78, 5) is 16.2. The van der Waals surface area contributed by atoms with Gasteiger partial charge in [0.05, 0.1) is 12.2 Å². The smallest absolute Gasteiger partial charge is 0.267 e. The monoisotopic (exact) mass is 296 g/mol. The van der Waals surface area contributed by atoms with Gasteiger partial charge in [0, 0.05) is 18.6 Å². The highest BCUT2D eigenvalue weighted by Crippen LogP contribution is 2.20. The molecular formula is C16H16N4O2. The molecule has 3 rings (SSSR count). The van der Waals surface area contributed by atoms with Gasteiger partial charge in [-0.1, -0.05) is 29.4 Å². The van der Waals surface area contributed by atoms with E-state index in [0.29, 0.717) is 11.7 Å².